The molecule has 0 atom stereocenters. The second-order valence-corrected chi connectivity index (χ2v) is 4.90. The van der Waals surface area contributed by atoms with E-state index in [1.165, 1.54) is 0 Å². The predicted octanol–water partition coefficient (Wildman–Crippen LogP) is 3.64. The lowest BCUT2D eigenvalue weighted by Gasteiger charge is -2.05. The first-order valence-corrected chi connectivity index (χ1v) is 7.02. The molecular formula is C18H15N3O2. The first-order chi connectivity index (χ1) is 11.3. The highest BCUT2D eigenvalue weighted by Gasteiger charge is 2.11. The van der Waals surface area contributed by atoms with Crippen molar-refractivity contribution in [2.24, 2.45) is 0 Å². The lowest BCUT2D eigenvalue weighted by Crippen LogP contribution is -1.89. The van der Waals surface area contributed by atoms with Crippen LogP contribution in [0.15, 0.2) is 42.9 Å². The Hall–Kier alpha value is -3.26. The Balaban J connectivity index is 2.15. The molecule has 2 heterocycles. The van der Waals surface area contributed by atoms with Gasteiger partial charge in [0.25, 0.3) is 0 Å². The van der Waals surface area contributed by atoms with E-state index in [-0.39, 0.29) is 0 Å². The lowest BCUT2D eigenvalue weighted by molar-refractivity contribution is 0.413. The van der Waals surface area contributed by atoms with E-state index < -0.39 is 0 Å². The zero-order chi connectivity index (χ0) is 16.2. The van der Waals surface area contributed by atoms with Crippen LogP contribution in [0, 0.1) is 11.3 Å². The Morgan fingerprint density at radius 2 is 2.13 bits per heavy atom. The minimum Gasteiger partial charge on any atom is -0.497 e. The largest absolute Gasteiger partial charge is 0.497 e. The molecular weight excluding hydrogens is 290 g/mol. The summed E-state index contributed by atoms with van der Waals surface area (Å²) in [6, 6.07) is 9.73. The number of hydrogen-bond acceptors (Lipinski definition) is 4. The number of benzene rings is 1. The summed E-state index contributed by atoms with van der Waals surface area (Å²) >= 11 is 0. The highest BCUT2D eigenvalue weighted by atomic mass is 16.5. The van der Waals surface area contributed by atoms with Crippen LogP contribution in [0.4, 0.5) is 0 Å². The number of methoxy groups -OCH3 is 2. The summed E-state index contributed by atoms with van der Waals surface area (Å²) in [7, 11) is 3.21. The van der Waals surface area contributed by atoms with Gasteiger partial charge in [-0.3, -0.25) is 4.98 Å². The van der Waals surface area contributed by atoms with Gasteiger partial charge < -0.3 is 14.5 Å². The van der Waals surface area contributed by atoms with E-state index in [0.29, 0.717) is 11.3 Å². The summed E-state index contributed by atoms with van der Waals surface area (Å²) in [6.07, 6.45) is 6.92. The van der Waals surface area contributed by atoms with Crippen molar-refractivity contribution in [3.8, 4) is 17.6 Å². The highest BCUT2D eigenvalue weighted by Crippen LogP contribution is 2.30. The number of rotatable bonds is 4. The fraction of sp³-hybridized carbons (Fsp3) is 0.111. The molecule has 0 aliphatic rings. The number of aromatic nitrogens is 2. The fourth-order valence-corrected chi connectivity index (χ4v) is 2.46. The molecule has 5 nitrogen and oxygen atoms in total. The van der Waals surface area contributed by atoms with Gasteiger partial charge in [0.1, 0.15) is 11.5 Å². The molecule has 0 unspecified atom stereocenters. The SMILES string of the molecule is COc1ccc2[nH]cc(C(C#N)=Cc3cnccc3OC)c2c1. The molecule has 0 radical (unpaired) electrons. The van der Waals surface area contributed by atoms with Crippen molar-refractivity contribution in [3.63, 3.8) is 0 Å². The van der Waals surface area contributed by atoms with Crippen molar-refractivity contribution < 1.29 is 9.47 Å². The van der Waals surface area contributed by atoms with Crippen molar-refractivity contribution >= 4 is 22.6 Å². The van der Waals surface area contributed by atoms with Gasteiger partial charge in [0.15, 0.2) is 0 Å². The van der Waals surface area contributed by atoms with Gasteiger partial charge in [0.2, 0.25) is 0 Å². The minimum atomic E-state index is 0.524. The van der Waals surface area contributed by atoms with Crippen molar-refractivity contribution in [3.05, 3.63) is 54.0 Å². The number of nitriles is 1. The molecule has 0 amide bonds. The van der Waals surface area contributed by atoms with Gasteiger partial charge in [-0.1, -0.05) is 0 Å². The number of nitrogens with one attached hydrogen (secondary N) is 1. The van der Waals surface area contributed by atoms with Crippen LogP contribution in [-0.4, -0.2) is 24.2 Å². The van der Waals surface area contributed by atoms with Gasteiger partial charge >= 0.3 is 0 Å². The molecule has 0 saturated heterocycles. The van der Waals surface area contributed by atoms with Crippen molar-refractivity contribution in [1.29, 1.82) is 5.26 Å². The van der Waals surface area contributed by atoms with Crippen LogP contribution >= 0.6 is 0 Å². The van der Waals surface area contributed by atoms with Gasteiger partial charge in [0.05, 0.1) is 25.9 Å². The summed E-state index contributed by atoms with van der Waals surface area (Å²) in [5.74, 6) is 1.42. The van der Waals surface area contributed by atoms with E-state index in [1.807, 2.05) is 24.4 Å². The van der Waals surface area contributed by atoms with E-state index >= 15 is 0 Å². The highest BCUT2D eigenvalue weighted by molar-refractivity contribution is 6.01. The number of pyridine rings is 1. The second kappa shape index (κ2) is 6.24. The van der Waals surface area contributed by atoms with Crippen LogP contribution < -0.4 is 9.47 Å². The molecule has 0 fully saturated rings. The Morgan fingerprint density at radius 1 is 1.26 bits per heavy atom. The quantitative estimate of drug-likeness (QED) is 0.747. The number of ether oxygens (including phenoxy) is 2. The molecule has 0 aliphatic carbocycles. The molecule has 3 rings (SSSR count). The van der Waals surface area contributed by atoms with Crippen LogP contribution in [0.2, 0.25) is 0 Å². The van der Waals surface area contributed by atoms with Crippen LogP contribution in [0.5, 0.6) is 11.5 Å². The molecule has 0 spiro atoms. The van der Waals surface area contributed by atoms with Crippen molar-refractivity contribution in [2.75, 3.05) is 14.2 Å². The zero-order valence-corrected chi connectivity index (χ0v) is 12.8. The summed E-state index contributed by atoms with van der Waals surface area (Å²) in [5.41, 5.74) is 3.03. The third-order valence-corrected chi connectivity index (χ3v) is 3.63. The fourth-order valence-electron chi connectivity index (χ4n) is 2.46. The molecule has 5 heteroatoms. The number of hydrogen-bond donors (Lipinski definition) is 1. The standard InChI is InChI=1S/C18H15N3O2/c1-22-14-3-4-17-15(8-14)16(11-21-17)12(9-19)7-13-10-20-6-5-18(13)23-2/h3-8,10-11,21H,1-2H3. The third kappa shape index (κ3) is 2.74. The number of nitrogens with zero attached hydrogens (tertiary/aromatic N) is 2. The number of allylic oxidation sites excluding steroid dienone is 1. The number of fused-ring (bicyclic) bond motifs is 1. The molecule has 1 N–H and O–H groups in total. The first kappa shape index (κ1) is 14.7. The Bertz CT molecular complexity index is 919. The minimum absolute atomic E-state index is 0.524. The summed E-state index contributed by atoms with van der Waals surface area (Å²) in [5, 5.41) is 10.5. The molecule has 3 aromatic rings. The van der Waals surface area contributed by atoms with E-state index in [0.717, 1.165) is 27.8 Å². The number of H-pyrrole nitrogens is 1. The van der Waals surface area contributed by atoms with E-state index in [1.54, 1.807) is 38.8 Å². The summed E-state index contributed by atoms with van der Waals surface area (Å²) < 4.78 is 10.6. The molecule has 1 aromatic carbocycles. The van der Waals surface area contributed by atoms with Crippen LogP contribution in [0.3, 0.4) is 0 Å². The average molecular weight is 305 g/mol. The monoisotopic (exact) mass is 305 g/mol. The van der Waals surface area contributed by atoms with Crippen molar-refractivity contribution in [2.45, 2.75) is 0 Å². The van der Waals surface area contributed by atoms with Crippen LogP contribution in [0.1, 0.15) is 11.1 Å². The molecule has 0 saturated carbocycles. The van der Waals surface area contributed by atoms with Crippen LogP contribution in [0.25, 0.3) is 22.6 Å². The molecule has 0 bridgehead atoms. The Morgan fingerprint density at radius 3 is 2.87 bits per heavy atom. The van der Waals surface area contributed by atoms with Gasteiger partial charge in [-0.2, -0.15) is 5.26 Å². The van der Waals surface area contributed by atoms with E-state index in [4.69, 9.17) is 9.47 Å². The van der Waals surface area contributed by atoms with Gasteiger partial charge in [-0.15, -0.1) is 0 Å². The normalized spacial score (nSPS) is 11.3. The van der Waals surface area contributed by atoms with Crippen molar-refractivity contribution in [1.82, 2.24) is 9.97 Å². The first-order valence-electron chi connectivity index (χ1n) is 7.02. The molecule has 114 valence electrons. The average Bonchev–Trinajstić information content (AvgIpc) is 3.02. The van der Waals surface area contributed by atoms with Gasteiger partial charge in [-0.25, -0.2) is 0 Å². The smallest absolute Gasteiger partial charge is 0.129 e. The Labute approximate surface area is 133 Å². The van der Waals surface area contributed by atoms with Gasteiger partial charge in [-0.05, 0) is 30.3 Å². The third-order valence-electron chi connectivity index (χ3n) is 3.63. The maximum atomic E-state index is 9.58. The second-order valence-electron chi connectivity index (χ2n) is 4.90. The lowest BCUT2D eigenvalue weighted by atomic mass is 10.0. The maximum Gasteiger partial charge on any atom is 0.129 e. The van der Waals surface area contributed by atoms with E-state index in [9.17, 15) is 5.26 Å². The molecule has 2 aromatic heterocycles. The summed E-state index contributed by atoms with van der Waals surface area (Å²) in [6.45, 7) is 0. The topological polar surface area (TPSA) is 70.9 Å². The summed E-state index contributed by atoms with van der Waals surface area (Å²) in [4.78, 5) is 7.26. The molecule has 23 heavy (non-hydrogen) atoms. The van der Waals surface area contributed by atoms with Gasteiger partial charge in [0, 0.05) is 40.6 Å². The molecule has 0 aliphatic heterocycles. The Kier molecular flexibility index (Phi) is 3.98. The van der Waals surface area contributed by atoms with E-state index in [2.05, 4.69) is 16.0 Å². The number of aromatic amines is 1. The predicted molar refractivity (Wildman–Crippen MR) is 89.1 cm³/mol. The zero-order valence-electron chi connectivity index (χ0n) is 12.8. The maximum absolute atomic E-state index is 9.58. The van der Waals surface area contributed by atoms with Crippen LogP contribution in [-0.2, 0) is 0 Å².